The van der Waals surface area contributed by atoms with Crippen LogP contribution in [0.3, 0.4) is 0 Å². The maximum atomic E-state index is 2.27. The van der Waals surface area contributed by atoms with Gasteiger partial charge in [-0.05, 0) is 0 Å². The summed E-state index contributed by atoms with van der Waals surface area (Å²) in [5.74, 6) is 0. The van der Waals surface area contributed by atoms with Gasteiger partial charge in [0.15, 0.2) is 0 Å². The fourth-order valence-electron chi connectivity index (χ4n) is 0. The van der Waals surface area contributed by atoms with Crippen molar-refractivity contribution >= 4 is 43.5 Å². The van der Waals surface area contributed by atoms with Crippen LogP contribution in [0.1, 0.15) is 0 Å². The van der Waals surface area contributed by atoms with Crippen LogP contribution in [0.5, 0.6) is 0 Å². The topological polar surface area (TPSA) is 0 Å². The second kappa shape index (κ2) is 18.9. The fraction of sp³-hybridized carbons (Fsp3) is 1.00. The van der Waals surface area contributed by atoms with Gasteiger partial charge in [-0.2, -0.15) is 0 Å². The summed E-state index contributed by atoms with van der Waals surface area (Å²) in [6, 6.07) is 0. The van der Waals surface area contributed by atoms with Crippen LogP contribution in [0.2, 0.25) is 58.9 Å². The van der Waals surface area contributed by atoms with E-state index in [0.29, 0.717) is 0 Å². The molecule has 0 rings (SSSR count). The van der Waals surface area contributed by atoms with Crippen molar-refractivity contribution in [1.82, 2.24) is 0 Å². The standard InChI is InChI=1S/3C3H9Si.H2Se/c3*1-4(2)3;/h3*1-3H3;1H2. The summed E-state index contributed by atoms with van der Waals surface area (Å²) in [5.41, 5.74) is 0. The van der Waals surface area contributed by atoms with E-state index < -0.39 is 0 Å². The van der Waals surface area contributed by atoms with Crippen LogP contribution >= 0.6 is 0 Å². The zero-order valence-electron chi connectivity index (χ0n) is 11.0. The second-order valence-electron chi connectivity index (χ2n) is 4.50. The molecule has 3 radical (unpaired) electrons. The van der Waals surface area contributed by atoms with Crippen molar-refractivity contribution in [3.05, 3.63) is 0 Å². The summed E-state index contributed by atoms with van der Waals surface area (Å²) in [7, 11) is 0.361. The molecule has 0 spiro atoms. The molecular formula is C9H29SeSi3. The SMILES string of the molecule is C[Si](C)C.C[Si](C)C.C[Si](C)C.[SeH2]. The quantitative estimate of drug-likeness (QED) is 0.603. The average molecular weight is 301 g/mol. The first-order valence-electron chi connectivity index (χ1n) is 4.50. The molecule has 0 saturated heterocycles. The van der Waals surface area contributed by atoms with Crippen molar-refractivity contribution in [2.75, 3.05) is 0 Å². The van der Waals surface area contributed by atoms with Crippen LogP contribution < -0.4 is 0 Å². The molecule has 0 aromatic carbocycles. The van der Waals surface area contributed by atoms with E-state index in [1.54, 1.807) is 0 Å². The van der Waals surface area contributed by atoms with Crippen molar-refractivity contribution < 1.29 is 0 Å². The molecule has 0 aliphatic heterocycles. The molecule has 0 amide bonds. The maximum absolute atomic E-state index is 2.27. The fourth-order valence-corrected chi connectivity index (χ4v) is 0. The van der Waals surface area contributed by atoms with Crippen LogP contribution in [-0.2, 0) is 0 Å². The summed E-state index contributed by atoms with van der Waals surface area (Å²) in [5, 5.41) is 0. The van der Waals surface area contributed by atoms with E-state index in [4.69, 9.17) is 0 Å². The zero-order valence-corrected chi connectivity index (χ0v) is 16.1. The molecule has 4 heteroatoms. The minimum absolute atomic E-state index is 0. The summed E-state index contributed by atoms with van der Waals surface area (Å²) in [4.78, 5) is 0. The normalized spacial score (nSPS) is 8.31. The molecule has 83 valence electrons. The molecule has 13 heavy (non-hydrogen) atoms. The number of hydrogen-bond donors (Lipinski definition) is 0. The van der Waals surface area contributed by atoms with E-state index in [1.165, 1.54) is 0 Å². The van der Waals surface area contributed by atoms with Gasteiger partial charge in [0.2, 0.25) is 0 Å². The third-order valence-electron chi connectivity index (χ3n) is 0. The molecule has 0 unspecified atom stereocenters. The Morgan fingerprint density at radius 1 is 0.385 bits per heavy atom. The monoisotopic (exact) mass is 301 g/mol. The first-order valence-corrected chi connectivity index (χ1v) is 13.5. The van der Waals surface area contributed by atoms with E-state index in [2.05, 4.69) is 58.9 Å². The Labute approximate surface area is 102 Å². The third-order valence-corrected chi connectivity index (χ3v) is 0. The molecule has 0 fully saturated rings. The minimum atomic E-state index is 0. The Bertz CT molecular complexity index is 43.4. The summed E-state index contributed by atoms with van der Waals surface area (Å²) >= 11 is 0. The van der Waals surface area contributed by atoms with Crippen LogP contribution in [0.4, 0.5) is 0 Å². The average Bonchev–Trinajstić information content (AvgIpc) is 1.54. The van der Waals surface area contributed by atoms with Crippen molar-refractivity contribution in [2.45, 2.75) is 58.9 Å². The van der Waals surface area contributed by atoms with E-state index in [9.17, 15) is 0 Å². The number of rotatable bonds is 0. The summed E-state index contributed by atoms with van der Waals surface area (Å²) in [6.45, 7) is 20.4. The molecule has 0 aromatic rings. The Morgan fingerprint density at radius 3 is 0.385 bits per heavy atom. The summed E-state index contributed by atoms with van der Waals surface area (Å²) < 4.78 is 0. The molecule has 0 aromatic heterocycles. The van der Waals surface area contributed by atoms with Gasteiger partial charge in [-0.3, -0.25) is 0 Å². The van der Waals surface area contributed by atoms with Crippen LogP contribution in [-0.4, -0.2) is 43.5 Å². The van der Waals surface area contributed by atoms with Crippen LogP contribution in [0.25, 0.3) is 0 Å². The van der Waals surface area contributed by atoms with Crippen molar-refractivity contribution in [2.24, 2.45) is 0 Å². The second-order valence-corrected chi connectivity index (χ2v) is 13.5. The van der Waals surface area contributed by atoms with Gasteiger partial charge in [-0.1, -0.05) is 58.9 Å². The van der Waals surface area contributed by atoms with Gasteiger partial charge in [0.25, 0.3) is 0 Å². The van der Waals surface area contributed by atoms with E-state index in [0.717, 1.165) is 0 Å². The van der Waals surface area contributed by atoms with Crippen molar-refractivity contribution in [1.29, 1.82) is 0 Å². The molecule has 0 atom stereocenters. The molecular weight excluding hydrogens is 271 g/mol. The van der Waals surface area contributed by atoms with Gasteiger partial charge >= 0.3 is 17.1 Å². The van der Waals surface area contributed by atoms with Gasteiger partial charge in [0.1, 0.15) is 0 Å². The van der Waals surface area contributed by atoms with Gasteiger partial charge in [0.05, 0.1) is 0 Å². The van der Waals surface area contributed by atoms with Gasteiger partial charge in [0, 0.05) is 26.4 Å². The molecule has 0 aliphatic carbocycles. The zero-order chi connectivity index (χ0) is 10.7. The van der Waals surface area contributed by atoms with E-state index in [1.807, 2.05) is 0 Å². The Kier molecular flexibility index (Phi) is 34.5. The Balaban J connectivity index is -0.0000000450. The van der Waals surface area contributed by atoms with Gasteiger partial charge in [-0.25, -0.2) is 0 Å². The van der Waals surface area contributed by atoms with E-state index >= 15 is 0 Å². The predicted molar refractivity (Wildman–Crippen MR) is 78.6 cm³/mol. The summed E-state index contributed by atoms with van der Waals surface area (Å²) in [6.07, 6.45) is 0. The molecule has 0 N–H and O–H groups in total. The number of hydrogen-bond acceptors (Lipinski definition) is 0. The Hall–Kier alpha value is 1.17. The molecule has 0 saturated carbocycles. The van der Waals surface area contributed by atoms with Gasteiger partial charge < -0.3 is 0 Å². The Morgan fingerprint density at radius 2 is 0.385 bits per heavy atom. The van der Waals surface area contributed by atoms with Crippen LogP contribution in [0.15, 0.2) is 0 Å². The van der Waals surface area contributed by atoms with E-state index in [-0.39, 0.29) is 43.5 Å². The molecule has 0 bridgehead atoms. The third kappa shape index (κ3) is 1200. The van der Waals surface area contributed by atoms with Crippen LogP contribution in [0, 0.1) is 0 Å². The molecule has 0 aliphatic rings. The molecule has 0 heterocycles. The molecule has 0 nitrogen and oxygen atoms in total. The first-order chi connectivity index (χ1) is 5.20. The van der Waals surface area contributed by atoms with Crippen molar-refractivity contribution in [3.63, 3.8) is 0 Å². The van der Waals surface area contributed by atoms with Gasteiger partial charge in [-0.15, -0.1) is 0 Å². The van der Waals surface area contributed by atoms with Crippen molar-refractivity contribution in [3.8, 4) is 0 Å². The first kappa shape index (κ1) is 23.8. The predicted octanol–water partition coefficient (Wildman–Crippen LogP) is 3.20.